The summed E-state index contributed by atoms with van der Waals surface area (Å²) in [7, 11) is 0. The summed E-state index contributed by atoms with van der Waals surface area (Å²) in [4.78, 5) is 24.9. The molecule has 0 radical (unpaired) electrons. The van der Waals surface area contributed by atoms with Crippen molar-refractivity contribution in [2.75, 3.05) is 13.1 Å². The van der Waals surface area contributed by atoms with E-state index in [0.717, 1.165) is 19.8 Å². The van der Waals surface area contributed by atoms with E-state index in [2.05, 4.69) is 5.32 Å². The van der Waals surface area contributed by atoms with Gasteiger partial charge in [-0.25, -0.2) is 18.4 Å². The van der Waals surface area contributed by atoms with E-state index in [1.165, 1.54) is 17.7 Å². The predicted molar refractivity (Wildman–Crippen MR) is 72.3 cm³/mol. The number of hydrogen-bond donors (Lipinski definition) is 2. The van der Waals surface area contributed by atoms with Gasteiger partial charge in [-0.05, 0) is 44.9 Å². The van der Waals surface area contributed by atoms with Crippen LogP contribution in [0.2, 0.25) is 0 Å². The molecule has 2 aliphatic rings. The highest BCUT2D eigenvalue weighted by atomic mass is 19.3. The van der Waals surface area contributed by atoms with Gasteiger partial charge in [0, 0.05) is 19.5 Å². The summed E-state index contributed by atoms with van der Waals surface area (Å²) in [5.41, 5.74) is -1.58. The maximum atomic E-state index is 13.2. The SMILES string of the molecule is CC(F)(F)C[C@](C)(NC(=O)N1CCC2(CC1)CC2)C(=O)O. The number of piperidine rings is 1. The minimum atomic E-state index is -3.17. The molecule has 1 spiro atoms. The second-order valence-corrected chi connectivity index (χ2v) is 6.80. The van der Waals surface area contributed by atoms with Crippen LogP contribution in [0.4, 0.5) is 13.6 Å². The van der Waals surface area contributed by atoms with Crippen LogP contribution < -0.4 is 5.32 Å². The fraction of sp³-hybridized carbons (Fsp3) is 0.857. The Balaban J connectivity index is 1.96. The minimum Gasteiger partial charge on any atom is -0.480 e. The molecule has 120 valence electrons. The van der Waals surface area contributed by atoms with Crippen LogP contribution in [0.1, 0.15) is 46.0 Å². The molecule has 0 bridgehead atoms. The van der Waals surface area contributed by atoms with E-state index in [9.17, 15) is 18.4 Å². The van der Waals surface area contributed by atoms with Crippen molar-refractivity contribution in [1.29, 1.82) is 0 Å². The van der Waals surface area contributed by atoms with Crippen molar-refractivity contribution in [3.05, 3.63) is 0 Å². The Bertz CT molecular complexity index is 436. The number of hydrogen-bond acceptors (Lipinski definition) is 2. The second kappa shape index (κ2) is 5.10. The molecule has 2 N–H and O–H groups in total. The summed E-state index contributed by atoms with van der Waals surface area (Å²) in [5.74, 6) is -4.62. The van der Waals surface area contributed by atoms with Gasteiger partial charge in [-0.15, -0.1) is 0 Å². The molecule has 5 nitrogen and oxygen atoms in total. The summed E-state index contributed by atoms with van der Waals surface area (Å²) in [6.45, 7) is 2.89. The first-order valence-corrected chi connectivity index (χ1v) is 7.24. The average molecular weight is 304 g/mol. The monoisotopic (exact) mass is 304 g/mol. The normalized spacial score (nSPS) is 23.5. The molecule has 0 aromatic carbocycles. The highest BCUT2D eigenvalue weighted by molar-refractivity contribution is 5.86. The van der Waals surface area contributed by atoms with Gasteiger partial charge in [-0.3, -0.25) is 0 Å². The molecule has 0 aromatic heterocycles. The molecular weight excluding hydrogens is 282 g/mol. The standard InChI is InChI=1S/C14H22F2N2O3/c1-12(10(19)20,9-13(2,15)16)17-11(21)18-7-5-14(3-4-14)6-8-18/h3-9H2,1-2H3,(H,17,21)(H,19,20)/t12-/m0/s1. The molecule has 0 aromatic rings. The number of alkyl halides is 2. The number of carboxylic acid groups (broad SMARTS) is 1. The molecule has 2 rings (SSSR count). The van der Waals surface area contributed by atoms with Crippen LogP contribution in [0.25, 0.3) is 0 Å². The summed E-state index contributed by atoms with van der Waals surface area (Å²) >= 11 is 0. The molecule has 2 fully saturated rings. The predicted octanol–water partition coefficient (Wildman–Crippen LogP) is 2.46. The number of nitrogens with zero attached hydrogens (tertiary/aromatic N) is 1. The van der Waals surface area contributed by atoms with Gasteiger partial charge in [-0.1, -0.05) is 0 Å². The van der Waals surface area contributed by atoms with Crippen LogP contribution in [0, 0.1) is 5.41 Å². The maximum absolute atomic E-state index is 13.2. The molecule has 2 amide bonds. The Morgan fingerprint density at radius 2 is 1.71 bits per heavy atom. The largest absolute Gasteiger partial charge is 0.480 e. The molecule has 7 heteroatoms. The number of urea groups is 1. The molecule has 1 heterocycles. The second-order valence-electron chi connectivity index (χ2n) is 6.80. The number of rotatable bonds is 4. The summed E-state index contributed by atoms with van der Waals surface area (Å²) in [5, 5.41) is 11.4. The fourth-order valence-electron chi connectivity index (χ4n) is 2.97. The molecule has 1 atom stereocenters. The van der Waals surface area contributed by atoms with Crippen LogP contribution in [-0.4, -0.2) is 46.6 Å². The lowest BCUT2D eigenvalue weighted by atomic mass is 9.93. The Morgan fingerprint density at radius 1 is 1.19 bits per heavy atom. The molecule has 1 saturated heterocycles. The molecule has 1 aliphatic carbocycles. The van der Waals surface area contributed by atoms with Gasteiger partial charge in [0.1, 0.15) is 5.54 Å². The summed E-state index contributed by atoms with van der Waals surface area (Å²) in [6.07, 6.45) is 3.27. The fourth-order valence-corrected chi connectivity index (χ4v) is 2.97. The summed E-state index contributed by atoms with van der Waals surface area (Å²) < 4.78 is 26.3. The van der Waals surface area contributed by atoms with Crippen molar-refractivity contribution in [3.63, 3.8) is 0 Å². The van der Waals surface area contributed by atoms with E-state index in [1.807, 2.05) is 0 Å². The van der Waals surface area contributed by atoms with Gasteiger partial charge < -0.3 is 15.3 Å². The molecular formula is C14H22F2N2O3. The molecule has 0 unspecified atom stereocenters. The zero-order chi connectivity index (χ0) is 15.9. The highest BCUT2D eigenvalue weighted by Crippen LogP contribution is 2.53. The highest BCUT2D eigenvalue weighted by Gasteiger charge is 2.47. The van der Waals surface area contributed by atoms with Crippen molar-refractivity contribution in [3.8, 4) is 0 Å². The molecule has 21 heavy (non-hydrogen) atoms. The lowest BCUT2D eigenvalue weighted by Crippen LogP contribution is -2.58. The number of carbonyl (C=O) groups excluding carboxylic acids is 1. The van der Waals surface area contributed by atoms with Crippen LogP contribution >= 0.6 is 0 Å². The minimum absolute atomic E-state index is 0.392. The maximum Gasteiger partial charge on any atom is 0.329 e. The Hall–Kier alpha value is -1.40. The number of carboxylic acids is 1. The van der Waals surface area contributed by atoms with Crippen LogP contribution in [0.15, 0.2) is 0 Å². The van der Waals surface area contributed by atoms with Gasteiger partial charge in [0.15, 0.2) is 0 Å². The Kier molecular flexibility index (Phi) is 3.88. The van der Waals surface area contributed by atoms with Gasteiger partial charge in [0.05, 0.1) is 0 Å². The van der Waals surface area contributed by atoms with Gasteiger partial charge >= 0.3 is 12.0 Å². The van der Waals surface area contributed by atoms with Gasteiger partial charge in [0.2, 0.25) is 5.92 Å². The number of amides is 2. The number of likely N-dealkylation sites (tertiary alicyclic amines) is 1. The van der Waals surface area contributed by atoms with E-state index >= 15 is 0 Å². The topological polar surface area (TPSA) is 69.6 Å². The molecule has 1 aliphatic heterocycles. The first-order chi connectivity index (χ1) is 9.55. The van der Waals surface area contributed by atoms with Crippen molar-refractivity contribution in [2.24, 2.45) is 5.41 Å². The number of aliphatic carboxylic acids is 1. The lowest BCUT2D eigenvalue weighted by molar-refractivity contribution is -0.147. The first kappa shape index (κ1) is 16.0. The van der Waals surface area contributed by atoms with Gasteiger partial charge in [-0.2, -0.15) is 0 Å². The van der Waals surface area contributed by atoms with E-state index in [0.29, 0.717) is 25.4 Å². The van der Waals surface area contributed by atoms with E-state index in [-0.39, 0.29) is 0 Å². The van der Waals surface area contributed by atoms with Crippen molar-refractivity contribution < 1.29 is 23.5 Å². The van der Waals surface area contributed by atoms with E-state index in [1.54, 1.807) is 0 Å². The average Bonchev–Trinajstić information content (AvgIpc) is 3.06. The Morgan fingerprint density at radius 3 is 2.10 bits per heavy atom. The third kappa shape index (κ3) is 3.83. The van der Waals surface area contributed by atoms with E-state index in [4.69, 9.17) is 5.11 Å². The van der Waals surface area contributed by atoms with Crippen LogP contribution in [0.3, 0.4) is 0 Å². The van der Waals surface area contributed by atoms with Crippen LogP contribution in [-0.2, 0) is 4.79 Å². The third-order valence-electron chi connectivity index (χ3n) is 4.59. The van der Waals surface area contributed by atoms with Crippen molar-refractivity contribution in [2.45, 2.75) is 57.4 Å². The molecule has 1 saturated carbocycles. The summed E-state index contributed by atoms with van der Waals surface area (Å²) in [6, 6.07) is -0.570. The number of nitrogens with one attached hydrogen (secondary N) is 1. The third-order valence-corrected chi connectivity index (χ3v) is 4.59. The zero-order valence-corrected chi connectivity index (χ0v) is 12.4. The smallest absolute Gasteiger partial charge is 0.329 e. The number of carbonyl (C=O) groups is 2. The number of halogens is 2. The zero-order valence-electron chi connectivity index (χ0n) is 12.4. The first-order valence-electron chi connectivity index (χ1n) is 7.24. The van der Waals surface area contributed by atoms with Gasteiger partial charge in [0.25, 0.3) is 0 Å². The van der Waals surface area contributed by atoms with E-state index < -0.39 is 29.9 Å². The quantitative estimate of drug-likeness (QED) is 0.838. The van der Waals surface area contributed by atoms with Crippen molar-refractivity contribution >= 4 is 12.0 Å². The Labute approximate surface area is 122 Å². The van der Waals surface area contributed by atoms with Crippen LogP contribution in [0.5, 0.6) is 0 Å². The van der Waals surface area contributed by atoms with Crippen molar-refractivity contribution in [1.82, 2.24) is 10.2 Å². The lowest BCUT2D eigenvalue weighted by Gasteiger charge is -2.36.